The summed E-state index contributed by atoms with van der Waals surface area (Å²) in [5.74, 6) is -1.47. The minimum absolute atomic E-state index is 0.00915. The molecule has 0 radical (unpaired) electrons. The first-order chi connectivity index (χ1) is 13.4. The fourth-order valence-electron chi connectivity index (χ4n) is 3.05. The molecule has 1 aromatic heterocycles. The van der Waals surface area contributed by atoms with Crippen molar-refractivity contribution >= 4 is 34.2 Å². The van der Waals surface area contributed by atoms with Crippen LogP contribution in [-0.2, 0) is 4.79 Å². The zero-order valence-corrected chi connectivity index (χ0v) is 16.1. The van der Waals surface area contributed by atoms with E-state index in [1.807, 2.05) is 13.8 Å². The van der Waals surface area contributed by atoms with Crippen LogP contribution in [0.4, 0.5) is 0 Å². The van der Waals surface area contributed by atoms with E-state index in [2.05, 4.69) is 21.0 Å². The van der Waals surface area contributed by atoms with Gasteiger partial charge in [-0.15, -0.1) is 0 Å². The Morgan fingerprint density at radius 2 is 1.64 bits per heavy atom. The first-order valence-corrected chi connectivity index (χ1v) is 9.09. The number of H-pyrrole nitrogens is 1. The maximum atomic E-state index is 12.7. The molecule has 0 saturated carbocycles. The van der Waals surface area contributed by atoms with E-state index < -0.39 is 17.4 Å². The second kappa shape index (κ2) is 8.22. The lowest BCUT2D eigenvalue weighted by Crippen LogP contribution is -2.45. The summed E-state index contributed by atoms with van der Waals surface area (Å²) in [5, 5.41) is 7.43. The highest BCUT2D eigenvalue weighted by molar-refractivity contribution is 6.30. The summed E-state index contributed by atoms with van der Waals surface area (Å²) >= 11 is 5.92. The van der Waals surface area contributed by atoms with Gasteiger partial charge in [0, 0.05) is 10.4 Å². The molecule has 7 nitrogen and oxygen atoms in total. The Morgan fingerprint density at radius 1 is 1.00 bits per heavy atom. The Balaban J connectivity index is 1.78. The molecule has 0 aliphatic carbocycles. The molecule has 28 heavy (non-hydrogen) atoms. The van der Waals surface area contributed by atoms with Crippen LogP contribution < -0.4 is 16.4 Å². The van der Waals surface area contributed by atoms with E-state index in [0.717, 1.165) is 5.56 Å². The summed E-state index contributed by atoms with van der Waals surface area (Å²) in [7, 11) is 0. The number of amides is 2. The van der Waals surface area contributed by atoms with Crippen LogP contribution in [0.25, 0.3) is 10.8 Å². The predicted molar refractivity (Wildman–Crippen MR) is 107 cm³/mol. The van der Waals surface area contributed by atoms with Crippen LogP contribution in [0.15, 0.2) is 53.3 Å². The Kier molecular flexibility index (Phi) is 5.75. The minimum Gasteiger partial charge on any atom is -0.273 e. The van der Waals surface area contributed by atoms with E-state index in [1.165, 1.54) is 0 Å². The molecule has 0 unspecified atom stereocenters. The summed E-state index contributed by atoms with van der Waals surface area (Å²) in [6, 6.07) is 13.6. The fraction of sp³-hybridized carbons (Fsp3) is 0.200. The number of carbonyl (C=O) groups excluding carboxylic acids is 2. The van der Waals surface area contributed by atoms with Crippen molar-refractivity contribution in [3.05, 3.63) is 75.2 Å². The molecule has 8 heteroatoms. The van der Waals surface area contributed by atoms with Crippen molar-refractivity contribution in [3.8, 4) is 0 Å². The van der Waals surface area contributed by atoms with E-state index in [1.54, 1.807) is 48.5 Å². The number of aromatic amines is 1. The summed E-state index contributed by atoms with van der Waals surface area (Å²) < 4.78 is 0. The van der Waals surface area contributed by atoms with Crippen molar-refractivity contribution < 1.29 is 9.59 Å². The van der Waals surface area contributed by atoms with Crippen LogP contribution in [0.5, 0.6) is 0 Å². The van der Waals surface area contributed by atoms with Gasteiger partial charge in [-0.1, -0.05) is 55.8 Å². The fourth-order valence-corrected chi connectivity index (χ4v) is 3.18. The van der Waals surface area contributed by atoms with Gasteiger partial charge in [0.15, 0.2) is 5.69 Å². The number of halogens is 1. The number of hydrogen-bond donors (Lipinski definition) is 3. The normalized spacial score (nSPS) is 12.0. The third kappa shape index (κ3) is 4.04. The first-order valence-electron chi connectivity index (χ1n) is 8.71. The third-order valence-corrected chi connectivity index (χ3v) is 4.64. The number of carbonyl (C=O) groups is 2. The van der Waals surface area contributed by atoms with Gasteiger partial charge < -0.3 is 0 Å². The zero-order valence-electron chi connectivity index (χ0n) is 15.3. The molecule has 2 amide bonds. The predicted octanol–water partition coefficient (Wildman–Crippen LogP) is 2.78. The molecule has 0 spiro atoms. The number of benzene rings is 2. The van der Waals surface area contributed by atoms with E-state index in [4.69, 9.17) is 11.6 Å². The van der Waals surface area contributed by atoms with Gasteiger partial charge in [0.25, 0.3) is 11.5 Å². The molecule has 1 atom stereocenters. The van der Waals surface area contributed by atoms with Crippen LogP contribution in [-0.4, -0.2) is 22.0 Å². The molecule has 2 aromatic carbocycles. The third-order valence-electron chi connectivity index (χ3n) is 4.39. The van der Waals surface area contributed by atoms with E-state index >= 15 is 0 Å². The lowest BCUT2D eigenvalue weighted by Gasteiger charge is -2.21. The SMILES string of the molecule is CC(C)[C@@H](C(=O)NNC(=O)c1n[nH]c(=O)c2ccccc12)c1ccc(Cl)cc1. The molecule has 0 aliphatic heterocycles. The number of aromatic nitrogens is 2. The molecule has 3 aromatic rings. The van der Waals surface area contributed by atoms with Gasteiger partial charge in [-0.2, -0.15) is 5.10 Å². The number of rotatable bonds is 4. The zero-order chi connectivity index (χ0) is 20.3. The maximum Gasteiger partial charge on any atom is 0.290 e. The molecule has 1 heterocycles. The van der Waals surface area contributed by atoms with Crippen LogP contribution in [0, 0.1) is 5.92 Å². The number of hydrazine groups is 1. The van der Waals surface area contributed by atoms with E-state index in [-0.39, 0.29) is 17.5 Å². The summed E-state index contributed by atoms with van der Waals surface area (Å²) in [6.45, 7) is 3.83. The van der Waals surface area contributed by atoms with Gasteiger partial charge >= 0.3 is 0 Å². The van der Waals surface area contributed by atoms with Crippen molar-refractivity contribution in [1.82, 2.24) is 21.0 Å². The molecular weight excluding hydrogens is 380 g/mol. The molecule has 0 aliphatic rings. The average Bonchev–Trinajstić information content (AvgIpc) is 2.68. The maximum absolute atomic E-state index is 12.7. The molecule has 144 valence electrons. The Morgan fingerprint density at radius 3 is 2.29 bits per heavy atom. The topological polar surface area (TPSA) is 104 Å². The molecule has 0 bridgehead atoms. The highest BCUT2D eigenvalue weighted by Gasteiger charge is 2.25. The molecule has 0 fully saturated rings. The van der Waals surface area contributed by atoms with Crippen LogP contribution in [0.3, 0.4) is 0 Å². The highest BCUT2D eigenvalue weighted by Crippen LogP contribution is 2.25. The molecule has 3 N–H and O–H groups in total. The Labute approximate surface area is 166 Å². The lowest BCUT2D eigenvalue weighted by atomic mass is 9.88. The average molecular weight is 399 g/mol. The smallest absolute Gasteiger partial charge is 0.273 e. The second-order valence-electron chi connectivity index (χ2n) is 6.66. The second-order valence-corrected chi connectivity index (χ2v) is 7.10. The molecule has 3 rings (SSSR count). The van der Waals surface area contributed by atoms with Crippen molar-refractivity contribution in [2.24, 2.45) is 5.92 Å². The van der Waals surface area contributed by atoms with Crippen molar-refractivity contribution in [3.63, 3.8) is 0 Å². The van der Waals surface area contributed by atoms with Crippen LogP contribution in [0.1, 0.15) is 35.8 Å². The van der Waals surface area contributed by atoms with E-state index in [9.17, 15) is 14.4 Å². The standard InChI is InChI=1S/C20H19ClN4O3/c1-11(2)16(12-7-9-13(21)10-8-12)19(27)24-25-20(28)17-14-5-3-4-6-15(14)18(26)23-22-17/h3-11,16H,1-2H3,(H,23,26)(H,24,27)(H,25,28)/t16-/m1/s1. The number of nitrogens with one attached hydrogen (secondary N) is 3. The Hall–Kier alpha value is -3.19. The van der Waals surface area contributed by atoms with Gasteiger partial charge in [0.2, 0.25) is 5.91 Å². The van der Waals surface area contributed by atoms with Gasteiger partial charge in [-0.3, -0.25) is 25.2 Å². The summed E-state index contributed by atoms with van der Waals surface area (Å²) in [4.78, 5) is 37.0. The summed E-state index contributed by atoms with van der Waals surface area (Å²) in [5.41, 5.74) is 5.25. The van der Waals surface area contributed by atoms with Gasteiger partial charge in [0.05, 0.1) is 11.3 Å². The quantitative estimate of drug-likeness (QED) is 0.588. The largest absolute Gasteiger partial charge is 0.290 e. The van der Waals surface area contributed by atoms with Crippen molar-refractivity contribution in [2.45, 2.75) is 19.8 Å². The molecule has 0 saturated heterocycles. The van der Waals surface area contributed by atoms with Crippen molar-refractivity contribution in [2.75, 3.05) is 0 Å². The van der Waals surface area contributed by atoms with Gasteiger partial charge in [0.1, 0.15) is 0 Å². The lowest BCUT2D eigenvalue weighted by molar-refractivity contribution is -0.124. The monoisotopic (exact) mass is 398 g/mol. The highest BCUT2D eigenvalue weighted by atomic mass is 35.5. The first kappa shape index (κ1) is 19.6. The van der Waals surface area contributed by atoms with Crippen LogP contribution in [0.2, 0.25) is 5.02 Å². The summed E-state index contributed by atoms with van der Waals surface area (Å²) in [6.07, 6.45) is 0. The number of hydrogen-bond acceptors (Lipinski definition) is 4. The Bertz CT molecular complexity index is 1080. The number of fused-ring (bicyclic) bond motifs is 1. The molecular formula is C20H19ClN4O3. The van der Waals surface area contributed by atoms with Gasteiger partial charge in [-0.25, -0.2) is 5.10 Å². The minimum atomic E-state index is -0.626. The van der Waals surface area contributed by atoms with Crippen molar-refractivity contribution in [1.29, 1.82) is 0 Å². The van der Waals surface area contributed by atoms with Gasteiger partial charge in [-0.05, 0) is 29.7 Å². The van der Waals surface area contributed by atoms with E-state index in [0.29, 0.717) is 15.8 Å². The number of nitrogens with zero attached hydrogens (tertiary/aromatic N) is 1. The van der Waals surface area contributed by atoms with Crippen LogP contribution >= 0.6 is 11.6 Å².